The van der Waals surface area contributed by atoms with Crippen LogP contribution in [-0.2, 0) is 13.1 Å². The fraction of sp³-hybridized carbons (Fsp3) is 0.500. The van der Waals surface area contributed by atoms with Crippen LogP contribution in [0.1, 0.15) is 37.1 Å². The molecule has 0 bridgehead atoms. The van der Waals surface area contributed by atoms with Crippen molar-refractivity contribution in [1.82, 2.24) is 15.3 Å². The van der Waals surface area contributed by atoms with E-state index in [1.807, 2.05) is 24.5 Å². The van der Waals surface area contributed by atoms with E-state index in [-0.39, 0.29) is 0 Å². The Morgan fingerprint density at radius 3 is 2.86 bits per heavy atom. The van der Waals surface area contributed by atoms with Gasteiger partial charge in [-0.3, -0.25) is 4.98 Å². The minimum Gasteiger partial charge on any atom is -0.467 e. The van der Waals surface area contributed by atoms with Crippen molar-refractivity contribution in [2.45, 2.75) is 50.9 Å². The largest absolute Gasteiger partial charge is 0.467 e. The fourth-order valence-electron chi connectivity index (χ4n) is 2.51. The summed E-state index contributed by atoms with van der Waals surface area (Å²) >= 11 is 0. The van der Waals surface area contributed by atoms with Crippen LogP contribution in [0.5, 0.6) is 0 Å². The van der Waals surface area contributed by atoms with Gasteiger partial charge in [-0.05, 0) is 37.8 Å². The van der Waals surface area contributed by atoms with Gasteiger partial charge in [0.25, 0.3) is 0 Å². The summed E-state index contributed by atoms with van der Waals surface area (Å²) in [6.07, 6.45) is 10.5. The first-order valence-electron chi connectivity index (χ1n) is 7.72. The minimum absolute atomic E-state index is 0.580. The third kappa shape index (κ3) is 3.24. The number of nitrogens with one attached hydrogen (secondary N) is 1. The van der Waals surface area contributed by atoms with Crippen LogP contribution < -0.4 is 10.2 Å². The van der Waals surface area contributed by atoms with Gasteiger partial charge in [-0.25, -0.2) is 4.98 Å². The molecule has 2 aromatic rings. The molecule has 0 amide bonds. The maximum absolute atomic E-state index is 5.48. The summed E-state index contributed by atoms with van der Waals surface area (Å²) < 4.78 is 5.48. The molecule has 0 aromatic carbocycles. The second-order valence-corrected chi connectivity index (χ2v) is 5.96. The fourth-order valence-corrected chi connectivity index (χ4v) is 2.51. The SMILES string of the molecule is c1coc(CN(c2cncc(CNC3CC3)n2)C2CC2)c1. The Labute approximate surface area is 124 Å². The van der Waals surface area contributed by atoms with E-state index in [1.54, 1.807) is 6.26 Å². The van der Waals surface area contributed by atoms with Gasteiger partial charge in [-0.1, -0.05) is 0 Å². The normalized spacial score (nSPS) is 17.9. The van der Waals surface area contributed by atoms with Gasteiger partial charge in [0.15, 0.2) is 0 Å². The second-order valence-electron chi connectivity index (χ2n) is 5.96. The van der Waals surface area contributed by atoms with E-state index in [0.29, 0.717) is 12.1 Å². The van der Waals surface area contributed by atoms with Gasteiger partial charge < -0.3 is 14.6 Å². The van der Waals surface area contributed by atoms with E-state index >= 15 is 0 Å². The van der Waals surface area contributed by atoms with Crippen molar-refractivity contribution in [2.24, 2.45) is 0 Å². The first kappa shape index (κ1) is 12.8. The second kappa shape index (κ2) is 5.48. The van der Waals surface area contributed by atoms with E-state index in [0.717, 1.165) is 30.4 Å². The van der Waals surface area contributed by atoms with Crippen LogP contribution in [0.2, 0.25) is 0 Å². The number of furan rings is 1. The first-order chi connectivity index (χ1) is 10.4. The lowest BCUT2D eigenvalue weighted by Crippen LogP contribution is -2.26. The Morgan fingerprint density at radius 1 is 1.24 bits per heavy atom. The number of hydrogen-bond acceptors (Lipinski definition) is 5. The van der Waals surface area contributed by atoms with E-state index < -0.39 is 0 Å². The van der Waals surface area contributed by atoms with Gasteiger partial charge in [0, 0.05) is 24.8 Å². The molecule has 0 radical (unpaired) electrons. The van der Waals surface area contributed by atoms with E-state index in [2.05, 4.69) is 15.2 Å². The van der Waals surface area contributed by atoms with Gasteiger partial charge in [-0.15, -0.1) is 0 Å². The lowest BCUT2D eigenvalue weighted by molar-refractivity contribution is 0.500. The van der Waals surface area contributed by atoms with Crippen molar-refractivity contribution in [3.05, 3.63) is 42.2 Å². The maximum atomic E-state index is 5.48. The monoisotopic (exact) mass is 284 g/mol. The van der Waals surface area contributed by atoms with Crippen molar-refractivity contribution < 1.29 is 4.42 Å². The first-order valence-corrected chi connectivity index (χ1v) is 7.72. The zero-order valence-electron chi connectivity index (χ0n) is 12.0. The molecule has 2 aliphatic rings. The Kier molecular flexibility index (Phi) is 3.35. The lowest BCUT2D eigenvalue weighted by atomic mass is 10.3. The predicted molar refractivity (Wildman–Crippen MR) is 79.8 cm³/mol. The van der Waals surface area contributed by atoms with Crippen LogP contribution in [0.15, 0.2) is 35.2 Å². The van der Waals surface area contributed by atoms with Crippen LogP contribution >= 0.6 is 0 Å². The Morgan fingerprint density at radius 2 is 2.14 bits per heavy atom. The number of anilines is 1. The average Bonchev–Trinajstić information content (AvgIpc) is 3.44. The third-order valence-corrected chi connectivity index (χ3v) is 4.01. The molecule has 0 aliphatic heterocycles. The highest BCUT2D eigenvalue weighted by molar-refractivity contribution is 5.40. The third-order valence-electron chi connectivity index (χ3n) is 4.01. The molecule has 0 unspecified atom stereocenters. The highest BCUT2D eigenvalue weighted by atomic mass is 16.3. The molecular weight excluding hydrogens is 264 g/mol. The highest BCUT2D eigenvalue weighted by Gasteiger charge is 2.31. The molecule has 1 N–H and O–H groups in total. The Hall–Kier alpha value is -1.88. The molecule has 0 spiro atoms. The maximum Gasteiger partial charge on any atom is 0.148 e. The zero-order valence-corrected chi connectivity index (χ0v) is 12.0. The van der Waals surface area contributed by atoms with Gasteiger partial charge in [0.2, 0.25) is 0 Å². The Bertz CT molecular complexity index is 590. The predicted octanol–water partition coefficient (Wildman–Crippen LogP) is 2.49. The van der Waals surface area contributed by atoms with Gasteiger partial charge in [-0.2, -0.15) is 0 Å². The Balaban J connectivity index is 1.49. The molecule has 2 saturated carbocycles. The van der Waals surface area contributed by atoms with Crippen LogP contribution in [-0.4, -0.2) is 22.1 Å². The number of rotatable bonds is 7. The van der Waals surface area contributed by atoms with Crippen LogP contribution in [0.3, 0.4) is 0 Å². The molecule has 0 saturated heterocycles. The van der Waals surface area contributed by atoms with Gasteiger partial charge >= 0.3 is 0 Å². The summed E-state index contributed by atoms with van der Waals surface area (Å²) in [6.45, 7) is 1.58. The number of nitrogens with zero attached hydrogens (tertiary/aromatic N) is 3. The molecule has 2 heterocycles. The van der Waals surface area contributed by atoms with Crippen molar-refractivity contribution in [3.63, 3.8) is 0 Å². The minimum atomic E-state index is 0.580. The molecule has 110 valence electrons. The van der Waals surface area contributed by atoms with Gasteiger partial charge in [0.1, 0.15) is 11.6 Å². The van der Waals surface area contributed by atoms with Crippen molar-refractivity contribution in [1.29, 1.82) is 0 Å². The summed E-state index contributed by atoms with van der Waals surface area (Å²) in [5, 5.41) is 3.49. The summed E-state index contributed by atoms with van der Waals surface area (Å²) in [6, 6.07) is 5.22. The van der Waals surface area contributed by atoms with Gasteiger partial charge in [0.05, 0.1) is 24.7 Å². The molecule has 5 heteroatoms. The molecule has 0 atom stereocenters. The van der Waals surface area contributed by atoms with Crippen molar-refractivity contribution in [2.75, 3.05) is 4.90 Å². The smallest absolute Gasteiger partial charge is 0.148 e. The molecule has 2 fully saturated rings. The number of aromatic nitrogens is 2. The molecule has 2 aliphatic carbocycles. The van der Waals surface area contributed by atoms with Crippen LogP contribution in [0.4, 0.5) is 5.82 Å². The molecule has 5 nitrogen and oxygen atoms in total. The van der Waals surface area contributed by atoms with E-state index in [4.69, 9.17) is 9.40 Å². The topological polar surface area (TPSA) is 54.2 Å². The standard InChI is InChI=1S/C16H20N4O/c1-2-15(21-7-1)11-20(14-5-6-14)16-10-17-8-13(19-16)9-18-12-3-4-12/h1-2,7-8,10,12,14,18H,3-6,9,11H2. The summed E-state index contributed by atoms with van der Waals surface area (Å²) in [5.74, 6) is 1.94. The lowest BCUT2D eigenvalue weighted by Gasteiger charge is -2.22. The quantitative estimate of drug-likeness (QED) is 0.846. The van der Waals surface area contributed by atoms with E-state index in [9.17, 15) is 0 Å². The summed E-state index contributed by atoms with van der Waals surface area (Å²) in [5.41, 5.74) is 1.02. The van der Waals surface area contributed by atoms with Crippen LogP contribution in [0.25, 0.3) is 0 Å². The summed E-state index contributed by atoms with van der Waals surface area (Å²) in [7, 11) is 0. The molecule has 4 rings (SSSR count). The van der Waals surface area contributed by atoms with E-state index in [1.165, 1.54) is 25.7 Å². The molecule has 21 heavy (non-hydrogen) atoms. The number of hydrogen-bond donors (Lipinski definition) is 1. The molecular formula is C16H20N4O. The zero-order chi connectivity index (χ0) is 14.1. The molecule has 2 aromatic heterocycles. The highest BCUT2D eigenvalue weighted by Crippen LogP contribution is 2.32. The van der Waals surface area contributed by atoms with Crippen molar-refractivity contribution >= 4 is 5.82 Å². The van der Waals surface area contributed by atoms with Crippen LogP contribution in [0, 0.1) is 0 Å². The average molecular weight is 284 g/mol. The van der Waals surface area contributed by atoms with Crippen molar-refractivity contribution in [3.8, 4) is 0 Å². The summed E-state index contributed by atoms with van der Waals surface area (Å²) in [4.78, 5) is 11.5.